The molecule has 0 amide bonds. The molecular weight excluding hydrogens is 332 g/mol. The molecular formula is C21H20O5. The summed E-state index contributed by atoms with van der Waals surface area (Å²) in [7, 11) is 0. The van der Waals surface area contributed by atoms with Crippen LogP contribution < -0.4 is 19.8 Å². The molecule has 3 aromatic rings. The molecule has 0 saturated heterocycles. The maximum atomic E-state index is 11.4. The molecule has 3 rings (SSSR count). The smallest absolute Gasteiger partial charge is 0.336 e. The Kier molecular flexibility index (Phi) is 5.59. The van der Waals surface area contributed by atoms with E-state index in [1.165, 1.54) is 6.07 Å². The van der Waals surface area contributed by atoms with Crippen molar-refractivity contribution in [2.75, 3.05) is 0 Å². The van der Waals surface area contributed by atoms with E-state index in [-0.39, 0.29) is 12.2 Å². The van der Waals surface area contributed by atoms with Gasteiger partial charge in [0, 0.05) is 19.1 Å². The zero-order valence-electron chi connectivity index (χ0n) is 14.7. The zero-order chi connectivity index (χ0) is 18.4. The second-order valence-corrected chi connectivity index (χ2v) is 5.80. The first kappa shape index (κ1) is 17.6. The molecule has 134 valence electrons. The van der Waals surface area contributed by atoms with Crippen LogP contribution in [-0.4, -0.2) is 6.29 Å². The van der Waals surface area contributed by atoms with Gasteiger partial charge in [-0.25, -0.2) is 4.79 Å². The van der Waals surface area contributed by atoms with E-state index in [9.17, 15) is 4.79 Å². The van der Waals surface area contributed by atoms with Crippen molar-refractivity contribution >= 4 is 0 Å². The van der Waals surface area contributed by atoms with E-state index >= 15 is 0 Å². The highest BCUT2D eigenvalue weighted by molar-refractivity contribution is 5.33. The van der Waals surface area contributed by atoms with E-state index in [0.717, 1.165) is 11.3 Å². The summed E-state index contributed by atoms with van der Waals surface area (Å²) in [5, 5.41) is 0. The average molecular weight is 352 g/mol. The maximum Gasteiger partial charge on any atom is 0.336 e. The lowest BCUT2D eigenvalue weighted by atomic mass is 10.3. The minimum Gasteiger partial charge on any atom is -0.486 e. The Bertz CT molecular complexity index is 902. The van der Waals surface area contributed by atoms with Gasteiger partial charge in [0.15, 0.2) is 0 Å². The van der Waals surface area contributed by atoms with Crippen LogP contribution >= 0.6 is 0 Å². The van der Waals surface area contributed by atoms with Crippen molar-refractivity contribution in [3.8, 4) is 17.2 Å². The van der Waals surface area contributed by atoms with Crippen molar-refractivity contribution in [2.45, 2.75) is 26.7 Å². The summed E-state index contributed by atoms with van der Waals surface area (Å²) >= 11 is 0. The standard InChI is InChI=1S/C21H20O5/c1-15-11-20(26-21(22)12-15)14-23-18-9-6-10-19(13-18)25-16(2)24-17-7-4-3-5-8-17/h3-13,16H,14H2,1-2H3. The normalized spacial score (nSPS) is 11.6. The minimum atomic E-state index is -0.456. The fraction of sp³-hybridized carbons (Fsp3) is 0.190. The summed E-state index contributed by atoms with van der Waals surface area (Å²) in [6, 6.07) is 19.9. The zero-order valence-corrected chi connectivity index (χ0v) is 14.7. The van der Waals surface area contributed by atoms with Gasteiger partial charge >= 0.3 is 5.63 Å². The molecule has 1 atom stereocenters. The van der Waals surface area contributed by atoms with E-state index in [2.05, 4.69) is 0 Å². The van der Waals surface area contributed by atoms with Crippen LogP contribution in [-0.2, 0) is 6.61 Å². The van der Waals surface area contributed by atoms with Crippen LogP contribution in [0.2, 0.25) is 0 Å². The van der Waals surface area contributed by atoms with Gasteiger partial charge in [0.1, 0.15) is 29.6 Å². The molecule has 0 aliphatic rings. The van der Waals surface area contributed by atoms with Gasteiger partial charge in [-0.15, -0.1) is 0 Å². The molecule has 1 aromatic heterocycles. The molecule has 2 aromatic carbocycles. The van der Waals surface area contributed by atoms with Crippen LogP contribution in [0.25, 0.3) is 0 Å². The number of hydrogen-bond acceptors (Lipinski definition) is 5. The van der Waals surface area contributed by atoms with Crippen LogP contribution in [0.1, 0.15) is 18.2 Å². The lowest BCUT2D eigenvalue weighted by Gasteiger charge is -2.17. The second-order valence-electron chi connectivity index (χ2n) is 5.80. The molecule has 1 unspecified atom stereocenters. The topological polar surface area (TPSA) is 57.9 Å². The Hall–Kier alpha value is -3.21. The van der Waals surface area contributed by atoms with Crippen molar-refractivity contribution in [1.29, 1.82) is 0 Å². The Balaban J connectivity index is 1.60. The van der Waals surface area contributed by atoms with E-state index in [1.807, 2.05) is 62.4 Å². The SMILES string of the molecule is Cc1cc(COc2cccc(OC(C)Oc3ccccc3)c2)oc(=O)c1. The number of aryl methyl sites for hydroxylation is 1. The summed E-state index contributed by atoms with van der Waals surface area (Å²) in [6.07, 6.45) is -0.456. The molecule has 26 heavy (non-hydrogen) atoms. The van der Waals surface area contributed by atoms with Gasteiger partial charge in [0.2, 0.25) is 6.29 Å². The van der Waals surface area contributed by atoms with Crippen molar-refractivity contribution < 1.29 is 18.6 Å². The highest BCUT2D eigenvalue weighted by Gasteiger charge is 2.07. The fourth-order valence-corrected chi connectivity index (χ4v) is 2.44. The number of benzene rings is 2. The van der Waals surface area contributed by atoms with Gasteiger partial charge in [-0.2, -0.15) is 0 Å². The molecule has 1 heterocycles. The largest absolute Gasteiger partial charge is 0.486 e. The molecule has 5 nitrogen and oxygen atoms in total. The van der Waals surface area contributed by atoms with Crippen LogP contribution in [0, 0.1) is 6.92 Å². The van der Waals surface area contributed by atoms with Gasteiger partial charge in [-0.3, -0.25) is 0 Å². The Morgan fingerprint density at radius 2 is 1.58 bits per heavy atom. The molecule has 0 N–H and O–H groups in total. The lowest BCUT2D eigenvalue weighted by Crippen LogP contribution is -2.19. The fourth-order valence-electron chi connectivity index (χ4n) is 2.44. The Labute approximate surface area is 151 Å². The Morgan fingerprint density at radius 1 is 0.885 bits per heavy atom. The van der Waals surface area contributed by atoms with Crippen molar-refractivity contribution in [2.24, 2.45) is 0 Å². The first-order chi connectivity index (χ1) is 12.6. The van der Waals surface area contributed by atoms with Gasteiger partial charge in [0.05, 0.1) is 0 Å². The molecule has 0 fully saturated rings. The van der Waals surface area contributed by atoms with E-state index in [4.69, 9.17) is 18.6 Å². The third-order valence-corrected chi connectivity index (χ3v) is 3.50. The molecule has 0 radical (unpaired) electrons. The van der Waals surface area contributed by atoms with Crippen molar-refractivity contribution in [1.82, 2.24) is 0 Å². The summed E-state index contributed by atoms with van der Waals surface area (Å²) < 4.78 is 22.3. The molecule has 0 aliphatic carbocycles. The summed E-state index contributed by atoms with van der Waals surface area (Å²) in [5.41, 5.74) is 0.455. The first-order valence-electron chi connectivity index (χ1n) is 8.30. The highest BCUT2D eigenvalue weighted by atomic mass is 16.7. The Morgan fingerprint density at radius 3 is 2.35 bits per heavy atom. The van der Waals surface area contributed by atoms with Crippen molar-refractivity contribution in [3.05, 3.63) is 88.5 Å². The predicted molar refractivity (Wildman–Crippen MR) is 97.6 cm³/mol. The summed E-state index contributed by atoms with van der Waals surface area (Å²) in [4.78, 5) is 11.4. The van der Waals surface area contributed by atoms with Crippen molar-refractivity contribution in [3.63, 3.8) is 0 Å². The van der Waals surface area contributed by atoms with Crippen LogP contribution in [0.15, 0.2) is 75.9 Å². The summed E-state index contributed by atoms with van der Waals surface area (Å²) in [5.74, 6) is 2.44. The van der Waals surface area contributed by atoms with E-state index in [1.54, 1.807) is 12.1 Å². The molecule has 0 spiro atoms. The lowest BCUT2D eigenvalue weighted by molar-refractivity contribution is 0.0221. The van der Waals surface area contributed by atoms with E-state index < -0.39 is 6.29 Å². The van der Waals surface area contributed by atoms with Gasteiger partial charge in [-0.05, 0) is 42.8 Å². The number of ether oxygens (including phenoxy) is 3. The molecule has 0 bridgehead atoms. The monoisotopic (exact) mass is 352 g/mol. The number of para-hydroxylation sites is 1. The first-order valence-corrected chi connectivity index (χ1v) is 8.30. The summed E-state index contributed by atoms with van der Waals surface area (Å²) in [6.45, 7) is 3.82. The molecule has 0 saturated carbocycles. The third-order valence-electron chi connectivity index (χ3n) is 3.50. The number of rotatable bonds is 7. The predicted octanol–water partition coefficient (Wildman–Crippen LogP) is 4.33. The third kappa shape index (κ3) is 5.14. The van der Waals surface area contributed by atoms with Gasteiger partial charge < -0.3 is 18.6 Å². The quantitative estimate of drug-likeness (QED) is 0.592. The molecule has 5 heteroatoms. The highest BCUT2D eigenvalue weighted by Crippen LogP contribution is 2.22. The van der Waals surface area contributed by atoms with Gasteiger partial charge in [0.25, 0.3) is 0 Å². The maximum absolute atomic E-state index is 11.4. The van der Waals surface area contributed by atoms with Crippen LogP contribution in [0.4, 0.5) is 0 Å². The van der Waals surface area contributed by atoms with Crippen LogP contribution in [0.5, 0.6) is 17.2 Å². The minimum absolute atomic E-state index is 0.163. The molecule has 0 aliphatic heterocycles. The average Bonchev–Trinajstić information content (AvgIpc) is 2.60. The second kappa shape index (κ2) is 8.25. The van der Waals surface area contributed by atoms with Crippen LogP contribution in [0.3, 0.4) is 0 Å². The van der Waals surface area contributed by atoms with Gasteiger partial charge in [-0.1, -0.05) is 24.3 Å². The number of hydrogen-bond donors (Lipinski definition) is 0. The van der Waals surface area contributed by atoms with E-state index in [0.29, 0.717) is 17.3 Å².